The number of aromatic nitrogens is 1. The van der Waals surface area contributed by atoms with Crippen molar-refractivity contribution in [1.82, 2.24) is 4.98 Å². The van der Waals surface area contributed by atoms with E-state index in [1.807, 2.05) is 12.3 Å². The first-order chi connectivity index (χ1) is 8.52. The largest absolute Gasteiger partial charge is 0.330 e. The van der Waals surface area contributed by atoms with Crippen LogP contribution in [0, 0.1) is 18.8 Å². The third-order valence-corrected chi connectivity index (χ3v) is 4.14. The van der Waals surface area contributed by atoms with Gasteiger partial charge in [0.15, 0.2) is 0 Å². The Morgan fingerprint density at radius 3 is 2.67 bits per heavy atom. The van der Waals surface area contributed by atoms with Crippen LogP contribution in [0.25, 0.3) is 0 Å². The van der Waals surface area contributed by atoms with Crippen molar-refractivity contribution in [2.24, 2.45) is 17.6 Å². The van der Waals surface area contributed by atoms with E-state index in [9.17, 15) is 4.79 Å². The maximum Gasteiger partial charge on any atom is 0.138 e. The fraction of sp³-hybridized carbons (Fsp3) is 0.714. The molecular weight excluding hydrogens is 244 g/mol. The quantitative estimate of drug-likeness (QED) is 0.788. The molecule has 0 aromatic carbocycles. The van der Waals surface area contributed by atoms with Gasteiger partial charge in [-0.1, -0.05) is 13.8 Å². The molecule has 0 saturated carbocycles. The second-order valence-electron chi connectivity index (χ2n) is 5.19. The molecule has 2 N–H and O–H groups in total. The molecule has 1 aromatic rings. The number of thiazole rings is 1. The summed E-state index contributed by atoms with van der Waals surface area (Å²) in [6.07, 6.45) is 3.11. The topological polar surface area (TPSA) is 56.0 Å². The lowest BCUT2D eigenvalue weighted by Crippen LogP contribution is -2.16. The summed E-state index contributed by atoms with van der Waals surface area (Å²) in [4.78, 5) is 16.2. The maximum atomic E-state index is 11.9. The minimum Gasteiger partial charge on any atom is -0.330 e. The van der Waals surface area contributed by atoms with Crippen molar-refractivity contribution in [2.45, 2.75) is 46.5 Å². The van der Waals surface area contributed by atoms with Crippen molar-refractivity contribution in [3.63, 3.8) is 0 Å². The normalized spacial score (nSPS) is 12.9. The van der Waals surface area contributed by atoms with Crippen LogP contribution in [-0.2, 0) is 11.2 Å². The SMILES string of the molecule is Cc1nc(CC(=O)CCC(CCN)C(C)C)cs1. The van der Waals surface area contributed by atoms with Crippen LogP contribution in [0.5, 0.6) is 0 Å². The van der Waals surface area contributed by atoms with Gasteiger partial charge >= 0.3 is 0 Å². The third kappa shape index (κ3) is 5.27. The van der Waals surface area contributed by atoms with Gasteiger partial charge < -0.3 is 5.73 Å². The minimum absolute atomic E-state index is 0.294. The number of rotatable bonds is 8. The zero-order chi connectivity index (χ0) is 13.5. The average molecular weight is 268 g/mol. The third-order valence-electron chi connectivity index (χ3n) is 3.32. The van der Waals surface area contributed by atoms with Gasteiger partial charge in [-0.15, -0.1) is 11.3 Å². The number of nitrogens with zero attached hydrogens (tertiary/aromatic N) is 1. The van der Waals surface area contributed by atoms with E-state index < -0.39 is 0 Å². The Hall–Kier alpha value is -0.740. The van der Waals surface area contributed by atoms with E-state index in [0.29, 0.717) is 37.0 Å². The molecule has 0 bridgehead atoms. The van der Waals surface area contributed by atoms with Crippen LogP contribution in [0.3, 0.4) is 0 Å². The van der Waals surface area contributed by atoms with Gasteiger partial charge in [0.2, 0.25) is 0 Å². The first-order valence-corrected chi connectivity index (χ1v) is 7.53. The predicted octanol–water partition coefficient (Wildman–Crippen LogP) is 2.96. The summed E-state index contributed by atoms with van der Waals surface area (Å²) in [6, 6.07) is 0. The van der Waals surface area contributed by atoms with E-state index in [1.54, 1.807) is 11.3 Å². The molecule has 1 heterocycles. The van der Waals surface area contributed by atoms with Crippen LogP contribution in [0.2, 0.25) is 0 Å². The highest BCUT2D eigenvalue weighted by atomic mass is 32.1. The smallest absolute Gasteiger partial charge is 0.138 e. The minimum atomic E-state index is 0.294. The zero-order valence-corrected chi connectivity index (χ0v) is 12.4. The summed E-state index contributed by atoms with van der Waals surface area (Å²) in [5.74, 6) is 1.46. The van der Waals surface area contributed by atoms with Gasteiger partial charge in [0, 0.05) is 18.2 Å². The van der Waals surface area contributed by atoms with Crippen LogP contribution in [0.4, 0.5) is 0 Å². The van der Waals surface area contributed by atoms with E-state index in [-0.39, 0.29) is 0 Å². The molecule has 0 fully saturated rings. The van der Waals surface area contributed by atoms with Crippen molar-refractivity contribution in [3.8, 4) is 0 Å². The summed E-state index contributed by atoms with van der Waals surface area (Å²) >= 11 is 1.60. The number of carbonyl (C=O) groups is 1. The van der Waals surface area contributed by atoms with Crippen LogP contribution in [0.15, 0.2) is 5.38 Å². The molecule has 1 atom stereocenters. The van der Waals surface area contributed by atoms with E-state index >= 15 is 0 Å². The lowest BCUT2D eigenvalue weighted by Gasteiger charge is -2.19. The van der Waals surface area contributed by atoms with Gasteiger partial charge in [-0.25, -0.2) is 4.98 Å². The van der Waals surface area contributed by atoms with Crippen molar-refractivity contribution in [2.75, 3.05) is 6.54 Å². The van der Waals surface area contributed by atoms with Gasteiger partial charge in [0.05, 0.1) is 10.7 Å². The summed E-state index contributed by atoms with van der Waals surface area (Å²) in [6.45, 7) is 7.08. The van der Waals surface area contributed by atoms with Crippen LogP contribution >= 0.6 is 11.3 Å². The molecule has 0 aliphatic carbocycles. The first kappa shape index (κ1) is 15.3. The standard InChI is InChI=1S/C14H24N2OS/c1-10(2)12(6-7-15)4-5-14(17)8-13-9-18-11(3)16-13/h9-10,12H,4-8,15H2,1-3H3. The van der Waals surface area contributed by atoms with Gasteiger partial charge in [-0.3, -0.25) is 4.79 Å². The number of nitrogens with two attached hydrogens (primary N) is 1. The molecule has 0 radical (unpaired) electrons. The highest BCUT2D eigenvalue weighted by molar-refractivity contribution is 7.09. The number of ketones is 1. The highest BCUT2D eigenvalue weighted by Gasteiger charge is 2.15. The Kier molecular flexibility index (Phi) is 6.50. The van der Waals surface area contributed by atoms with E-state index in [1.165, 1.54) is 0 Å². The molecule has 18 heavy (non-hydrogen) atoms. The Morgan fingerprint density at radius 2 is 2.17 bits per heavy atom. The van der Waals surface area contributed by atoms with Crippen molar-refractivity contribution in [3.05, 3.63) is 16.1 Å². The van der Waals surface area contributed by atoms with Crippen LogP contribution in [-0.4, -0.2) is 17.3 Å². The molecule has 3 nitrogen and oxygen atoms in total. The Balaban J connectivity index is 2.35. The molecule has 0 aliphatic heterocycles. The van der Waals surface area contributed by atoms with Crippen LogP contribution in [0.1, 0.15) is 43.8 Å². The number of hydrogen-bond donors (Lipinski definition) is 1. The first-order valence-electron chi connectivity index (χ1n) is 6.65. The Bertz CT molecular complexity index is 374. The monoisotopic (exact) mass is 268 g/mol. The van der Waals surface area contributed by atoms with Gasteiger partial charge in [-0.05, 0) is 38.1 Å². The number of hydrogen-bond acceptors (Lipinski definition) is 4. The van der Waals surface area contributed by atoms with E-state index in [4.69, 9.17) is 5.73 Å². The maximum absolute atomic E-state index is 11.9. The second-order valence-corrected chi connectivity index (χ2v) is 6.26. The molecule has 0 saturated heterocycles. The fourth-order valence-electron chi connectivity index (χ4n) is 2.15. The van der Waals surface area contributed by atoms with Crippen molar-refractivity contribution < 1.29 is 4.79 Å². The van der Waals surface area contributed by atoms with E-state index in [0.717, 1.165) is 23.5 Å². The summed E-state index contributed by atoms with van der Waals surface area (Å²) in [5, 5.41) is 3.01. The number of aryl methyl sites for hydroxylation is 1. The average Bonchev–Trinajstić information content (AvgIpc) is 2.69. The summed E-state index contributed by atoms with van der Waals surface area (Å²) in [7, 11) is 0. The molecule has 102 valence electrons. The fourth-order valence-corrected chi connectivity index (χ4v) is 2.76. The molecule has 0 spiro atoms. The second kappa shape index (κ2) is 7.64. The Labute approximate surface area is 114 Å². The molecule has 0 amide bonds. The molecule has 1 aromatic heterocycles. The summed E-state index contributed by atoms with van der Waals surface area (Å²) in [5.41, 5.74) is 6.53. The molecule has 1 rings (SSSR count). The van der Waals surface area contributed by atoms with Gasteiger partial charge in [0.1, 0.15) is 5.78 Å². The molecule has 1 unspecified atom stereocenters. The highest BCUT2D eigenvalue weighted by Crippen LogP contribution is 2.21. The van der Waals surface area contributed by atoms with Crippen molar-refractivity contribution in [1.29, 1.82) is 0 Å². The lowest BCUT2D eigenvalue weighted by molar-refractivity contribution is -0.118. The summed E-state index contributed by atoms with van der Waals surface area (Å²) < 4.78 is 0. The Morgan fingerprint density at radius 1 is 1.44 bits per heavy atom. The van der Waals surface area contributed by atoms with E-state index in [2.05, 4.69) is 18.8 Å². The van der Waals surface area contributed by atoms with Gasteiger partial charge in [0.25, 0.3) is 0 Å². The van der Waals surface area contributed by atoms with Crippen molar-refractivity contribution >= 4 is 17.1 Å². The predicted molar refractivity (Wildman–Crippen MR) is 76.8 cm³/mol. The molecule has 0 aliphatic rings. The van der Waals surface area contributed by atoms with Gasteiger partial charge in [-0.2, -0.15) is 0 Å². The molecular formula is C14H24N2OS. The van der Waals surface area contributed by atoms with Crippen LogP contribution < -0.4 is 5.73 Å². The number of Topliss-reactive ketones (excluding diaryl/α,β-unsaturated/α-hetero) is 1. The number of carbonyl (C=O) groups excluding carboxylic acids is 1. The molecule has 4 heteroatoms. The lowest BCUT2D eigenvalue weighted by atomic mass is 9.87. The zero-order valence-electron chi connectivity index (χ0n) is 11.6.